The fourth-order valence-corrected chi connectivity index (χ4v) is 1.67. The maximum absolute atomic E-state index is 12.9. The monoisotopic (exact) mass is 297 g/mol. The van der Waals surface area contributed by atoms with E-state index in [1.807, 2.05) is 0 Å². The van der Waals surface area contributed by atoms with Crippen LogP contribution >= 0.6 is 15.9 Å². The zero-order valence-electron chi connectivity index (χ0n) is 8.65. The van der Waals surface area contributed by atoms with Gasteiger partial charge in [-0.2, -0.15) is 0 Å². The second-order valence-corrected chi connectivity index (χ2v) is 4.05. The average Bonchev–Trinajstić information content (AvgIpc) is 2.33. The molecule has 3 N–H and O–H groups in total. The summed E-state index contributed by atoms with van der Waals surface area (Å²) >= 11 is 3.22. The number of rotatable bonds is 3. The second-order valence-electron chi connectivity index (χ2n) is 3.20. The zero-order chi connectivity index (χ0) is 12.3. The fourth-order valence-electron chi connectivity index (χ4n) is 1.24. The highest BCUT2D eigenvalue weighted by molar-refractivity contribution is 9.10. The fraction of sp³-hybridized carbons (Fsp3) is 0. The molecule has 0 aliphatic rings. The Morgan fingerprint density at radius 3 is 2.82 bits per heavy atom. The summed E-state index contributed by atoms with van der Waals surface area (Å²) in [5, 5.41) is 0. The molecule has 0 atom stereocenters. The maximum Gasteiger partial charge on any atom is 0.143 e. The number of benzene rings is 1. The summed E-state index contributed by atoms with van der Waals surface area (Å²) in [6, 6.07) is 7.50. The molecule has 4 nitrogen and oxygen atoms in total. The van der Waals surface area contributed by atoms with Gasteiger partial charge in [0.15, 0.2) is 0 Å². The molecule has 1 aromatic carbocycles. The van der Waals surface area contributed by atoms with Crippen LogP contribution in [-0.4, -0.2) is 4.98 Å². The molecule has 88 valence electrons. The molecule has 0 saturated heterocycles. The first-order chi connectivity index (χ1) is 8.19. The number of nitrogens with one attached hydrogen (secondary N) is 1. The molecule has 0 radical (unpaired) electrons. The quantitative estimate of drug-likeness (QED) is 0.675. The van der Waals surface area contributed by atoms with Gasteiger partial charge in [0, 0.05) is 12.3 Å². The van der Waals surface area contributed by atoms with Crippen LogP contribution in [0.15, 0.2) is 41.0 Å². The lowest BCUT2D eigenvalue weighted by Crippen LogP contribution is -2.08. The van der Waals surface area contributed by atoms with E-state index < -0.39 is 0 Å². The normalized spacial score (nSPS) is 10.1. The Bertz CT molecular complexity index is 536. The van der Waals surface area contributed by atoms with Gasteiger partial charge in [-0.05, 0) is 40.2 Å². The van der Waals surface area contributed by atoms with Crippen molar-refractivity contribution < 1.29 is 9.13 Å². The van der Waals surface area contributed by atoms with E-state index in [4.69, 9.17) is 10.6 Å². The third-order valence-electron chi connectivity index (χ3n) is 2.00. The number of hydrogen-bond donors (Lipinski definition) is 2. The van der Waals surface area contributed by atoms with Gasteiger partial charge in [-0.15, -0.1) is 0 Å². The minimum absolute atomic E-state index is 0.330. The lowest BCUT2D eigenvalue weighted by Gasteiger charge is -2.08. The van der Waals surface area contributed by atoms with Crippen LogP contribution in [0.4, 0.5) is 10.2 Å². The Hall–Kier alpha value is -1.66. The molecule has 2 aromatic rings. The molecule has 0 unspecified atom stereocenters. The predicted octanol–water partition coefficient (Wildman–Crippen LogP) is 3.06. The molecule has 0 saturated carbocycles. The number of nitrogens with zero attached hydrogens (tertiary/aromatic N) is 1. The minimum Gasteiger partial charge on any atom is -0.456 e. The molecule has 0 aliphatic heterocycles. The van der Waals surface area contributed by atoms with Crippen LogP contribution in [-0.2, 0) is 0 Å². The highest BCUT2D eigenvalue weighted by atomic mass is 79.9. The molecule has 2 rings (SSSR count). The lowest BCUT2D eigenvalue weighted by atomic mass is 10.3. The van der Waals surface area contributed by atoms with E-state index in [0.717, 1.165) is 0 Å². The van der Waals surface area contributed by atoms with Crippen molar-refractivity contribution in [1.29, 1.82) is 0 Å². The first-order valence-electron chi connectivity index (χ1n) is 4.74. The predicted molar refractivity (Wildman–Crippen MR) is 66.2 cm³/mol. The van der Waals surface area contributed by atoms with Crippen LogP contribution in [0.1, 0.15) is 0 Å². The number of hydrazine groups is 1. The van der Waals surface area contributed by atoms with E-state index in [9.17, 15) is 4.39 Å². The van der Waals surface area contributed by atoms with E-state index in [1.54, 1.807) is 18.3 Å². The number of hydrogen-bond acceptors (Lipinski definition) is 4. The Labute approximate surface area is 106 Å². The van der Waals surface area contributed by atoms with Crippen molar-refractivity contribution in [2.75, 3.05) is 5.43 Å². The van der Waals surface area contributed by atoms with Gasteiger partial charge in [0.25, 0.3) is 0 Å². The van der Waals surface area contributed by atoms with Crippen molar-refractivity contribution in [2.45, 2.75) is 0 Å². The second kappa shape index (κ2) is 5.11. The largest absolute Gasteiger partial charge is 0.456 e. The molecule has 0 amide bonds. The van der Waals surface area contributed by atoms with Crippen LogP contribution < -0.4 is 16.0 Å². The maximum atomic E-state index is 12.9. The highest BCUT2D eigenvalue weighted by Gasteiger charge is 2.04. The van der Waals surface area contributed by atoms with Crippen molar-refractivity contribution in [2.24, 2.45) is 5.84 Å². The molecule has 17 heavy (non-hydrogen) atoms. The average molecular weight is 298 g/mol. The summed E-state index contributed by atoms with van der Waals surface area (Å²) in [5.41, 5.74) is 2.41. The summed E-state index contributed by atoms with van der Waals surface area (Å²) in [5.74, 6) is 6.46. The van der Waals surface area contributed by atoms with Crippen LogP contribution in [0, 0.1) is 5.82 Å². The summed E-state index contributed by atoms with van der Waals surface area (Å²) in [4.78, 5) is 3.95. The number of anilines is 1. The van der Waals surface area contributed by atoms with Crippen molar-refractivity contribution in [3.05, 3.63) is 46.8 Å². The van der Waals surface area contributed by atoms with E-state index in [1.165, 1.54) is 18.2 Å². The molecule has 0 spiro atoms. The number of pyridine rings is 1. The molecule has 1 heterocycles. The highest BCUT2D eigenvalue weighted by Crippen LogP contribution is 2.30. The number of halogens is 2. The Kier molecular flexibility index (Phi) is 3.55. The zero-order valence-corrected chi connectivity index (χ0v) is 10.2. The van der Waals surface area contributed by atoms with Crippen molar-refractivity contribution in [1.82, 2.24) is 4.98 Å². The minimum atomic E-state index is -0.330. The molecule has 0 fully saturated rings. The smallest absolute Gasteiger partial charge is 0.143 e. The lowest BCUT2D eigenvalue weighted by molar-refractivity contribution is 0.477. The Morgan fingerprint density at radius 1 is 1.29 bits per heavy atom. The molecule has 0 aliphatic carbocycles. The third kappa shape index (κ3) is 2.92. The molecule has 6 heteroatoms. The van der Waals surface area contributed by atoms with Gasteiger partial charge in [0.2, 0.25) is 0 Å². The summed E-state index contributed by atoms with van der Waals surface area (Å²) < 4.78 is 19.0. The van der Waals surface area contributed by atoms with Crippen molar-refractivity contribution in [3.8, 4) is 11.5 Å². The molecular weight excluding hydrogens is 289 g/mol. The first-order valence-corrected chi connectivity index (χ1v) is 5.54. The van der Waals surface area contributed by atoms with E-state index in [-0.39, 0.29) is 5.82 Å². The number of nitrogens with two attached hydrogens (primary N) is 1. The molecule has 0 bridgehead atoms. The van der Waals surface area contributed by atoms with Crippen molar-refractivity contribution in [3.63, 3.8) is 0 Å². The van der Waals surface area contributed by atoms with Crippen LogP contribution in [0.3, 0.4) is 0 Å². The van der Waals surface area contributed by atoms with Gasteiger partial charge in [0.05, 0.1) is 4.47 Å². The number of nitrogen functional groups attached to an aromatic ring is 1. The SMILES string of the molecule is NNc1cc(Oc2ccc(F)cc2Br)ccn1. The van der Waals surface area contributed by atoms with E-state index >= 15 is 0 Å². The van der Waals surface area contributed by atoms with E-state index in [0.29, 0.717) is 21.8 Å². The molecule has 1 aromatic heterocycles. The Balaban J connectivity index is 2.25. The summed E-state index contributed by atoms with van der Waals surface area (Å²) in [7, 11) is 0. The molecular formula is C11H9BrFN3O. The Morgan fingerprint density at radius 2 is 2.12 bits per heavy atom. The standard InChI is InChI=1S/C11H9BrFN3O/c12-9-5-7(13)1-2-10(9)17-8-3-4-15-11(6-8)16-14/h1-6H,14H2,(H,15,16). The number of aromatic nitrogens is 1. The summed E-state index contributed by atoms with van der Waals surface area (Å²) in [6.07, 6.45) is 1.56. The van der Waals surface area contributed by atoms with Crippen LogP contribution in [0.25, 0.3) is 0 Å². The van der Waals surface area contributed by atoms with E-state index in [2.05, 4.69) is 26.3 Å². The van der Waals surface area contributed by atoms with Gasteiger partial charge in [-0.3, -0.25) is 0 Å². The van der Waals surface area contributed by atoms with Gasteiger partial charge in [-0.1, -0.05) is 0 Å². The van der Waals surface area contributed by atoms with Gasteiger partial charge in [0.1, 0.15) is 23.1 Å². The third-order valence-corrected chi connectivity index (χ3v) is 2.62. The summed E-state index contributed by atoms with van der Waals surface area (Å²) in [6.45, 7) is 0. The van der Waals surface area contributed by atoms with Crippen LogP contribution in [0.2, 0.25) is 0 Å². The van der Waals surface area contributed by atoms with Gasteiger partial charge < -0.3 is 10.2 Å². The van der Waals surface area contributed by atoms with Gasteiger partial charge >= 0.3 is 0 Å². The first kappa shape index (κ1) is 11.8. The van der Waals surface area contributed by atoms with Crippen LogP contribution in [0.5, 0.6) is 11.5 Å². The topological polar surface area (TPSA) is 60.2 Å². The van der Waals surface area contributed by atoms with Crippen molar-refractivity contribution >= 4 is 21.7 Å². The number of ether oxygens (including phenoxy) is 1. The van der Waals surface area contributed by atoms with Gasteiger partial charge in [-0.25, -0.2) is 15.2 Å².